The molecule has 1 aliphatic heterocycles. The van der Waals surface area contributed by atoms with Gasteiger partial charge in [0.1, 0.15) is 0 Å². The van der Waals surface area contributed by atoms with Crippen LogP contribution in [0.25, 0.3) is 0 Å². The number of rotatable bonds is 4. The highest BCUT2D eigenvalue weighted by atomic mass is 35.5. The van der Waals surface area contributed by atoms with Gasteiger partial charge in [-0.05, 0) is 19.4 Å². The Hall–Kier alpha value is -1.04. The Balaban J connectivity index is 2.05. The van der Waals surface area contributed by atoms with Gasteiger partial charge in [-0.15, -0.1) is 0 Å². The highest BCUT2D eigenvalue weighted by Crippen LogP contribution is 2.34. The van der Waals surface area contributed by atoms with Crippen LogP contribution in [0.1, 0.15) is 19.3 Å². The van der Waals surface area contributed by atoms with E-state index in [4.69, 9.17) is 23.2 Å². The summed E-state index contributed by atoms with van der Waals surface area (Å²) >= 11 is 12.0. The van der Waals surface area contributed by atoms with Crippen LogP contribution < -0.4 is 10.6 Å². The van der Waals surface area contributed by atoms with Crippen molar-refractivity contribution in [1.82, 2.24) is 5.32 Å². The van der Waals surface area contributed by atoms with Crippen molar-refractivity contribution in [2.24, 2.45) is 0 Å². The lowest BCUT2D eigenvalue weighted by molar-refractivity contribution is -0.384. The van der Waals surface area contributed by atoms with Crippen molar-refractivity contribution < 1.29 is 4.92 Å². The van der Waals surface area contributed by atoms with Gasteiger partial charge in [-0.3, -0.25) is 10.1 Å². The van der Waals surface area contributed by atoms with E-state index in [0.29, 0.717) is 18.3 Å². The van der Waals surface area contributed by atoms with Crippen LogP contribution >= 0.6 is 23.2 Å². The van der Waals surface area contributed by atoms with E-state index < -0.39 is 4.92 Å². The SMILES string of the molecule is O=[N+]([O-])c1cc(Cl)c(NCC2CCCCN2)c(Cl)c1. The summed E-state index contributed by atoms with van der Waals surface area (Å²) < 4.78 is 0. The first-order valence-electron chi connectivity index (χ1n) is 6.18. The number of nitro benzene ring substituents is 1. The molecule has 1 heterocycles. The molecule has 1 aliphatic rings. The van der Waals surface area contributed by atoms with Crippen LogP contribution in [0.2, 0.25) is 10.0 Å². The molecule has 0 radical (unpaired) electrons. The summed E-state index contributed by atoms with van der Waals surface area (Å²) in [6.07, 6.45) is 3.52. The fourth-order valence-corrected chi connectivity index (χ4v) is 2.77. The van der Waals surface area contributed by atoms with Crippen molar-refractivity contribution in [2.75, 3.05) is 18.4 Å². The molecule has 0 bridgehead atoms. The molecule has 0 saturated carbocycles. The zero-order chi connectivity index (χ0) is 13.8. The molecular formula is C12H15Cl2N3O2. The van der Waals surface area contributed by atoms with E-state index in [1.807, 2.05) is 0 Å². The summed E-state index contributed by atoms with van der Waals surface area (Å²) in [5.41, 5.74) is 0.456. The van der Waals surface area contributed by atoms with Crippen LogP contribution in [0.3, 0.4) is 0 Å². The third kappa shape index (κ3) is 3.72. The maximum atomic E-state index is 10.7. The Morgan fingerprint density at radius 2 is 2.05 bits per heavy atom. The van der Waals surface area contributed by atoms with Gasteiger partial charge in [0.2, 0.25) is 0 Å². The average molecular weight is 304 g/mol. The predicted octanol–water partition coefficient (Wildman–Crippen LogP) is 3.46. The normalized spacial score (nSPS) is 19.2. The molecule has 1 unspecified atom stereocenters. The Morgan fingerprint density at radius 1 is 1.37 bits per heavy atom. The second-order valence-corrected chi connectivity index (χ2v) is 5.38. The molecule has 1 aromatic carbocycles. The molecule has 5 nitrogen and oxygen atoms in total. The molecule has 2 rings (SSSR count). The lowest BCUT2D eigenvalue weighted by atomic mass is 10.1. The topological polar surface area (TPSA) is 67.2 Å². The minimum atomic E-state index is -0.510. The average Bonchev–Trinajstić information content (AvgIpc) is 2.38. The third-order valence-electron chi connectivity index (χ3n) is 3.18. The molecule has 1 aromatic rings. The van der Waals surface area contributed by atoms with Crippen molar-refractivity contribution in [3.63, 3.8) is 0 Å². The van der Waals surface area contributed by atoms with Gasteiger partial charge in [-0.2, -0.15) is 0 Å². The first-order valence-corrected chi connectivity index (χ1v) is 6.94. The first kappa shape index (κ1) is 14.4. The number of halogens is 2. The minimum absolute atomic E-state index is 0.101. The van der Waals surface area contributed by atoms with Gasteiger partial charge in [0.05, 0.1) is 20.7 Å². The van der Waals surface area contributed by atoms with Crippen molar-refractivity contribution in [1.29, 1.82) is 0 Å². The number of non-ortho nitro benzene ring substituents is 1. The maximum Gasteiger partial charge on any atom is 0.272 e. The van der Waals surface area contributed by atoms with Gasteiger partial charge in [-0.1, -0.05) is 29.6 Å². The molecule has 0 spiro atoms. The van der Waals surface area contributed by atoms with Gasteiger partial charge in [-0.25, -0.2) is 0 Å². The molecule has 0 aliphatic carbocycles. The van der Waals surface area contributed by atoms with Crippen molar-refractivity contribution >= 4 is 34.6 Å². The number of hydrogen-bond donors (Lipinski definition) is 2. The molecule has 1 atom stereocenters. The standard InChI is InChI=1S/C12H15Cl2N3O2/c13-10-5-9(17(18)19)6-11(14)12(10)16-7-8-3-1-2-4-15-8/h5-6,8,15-16H,1-4,7H2. The number of nitrogens with one attached hydrogen (secondary N) is 2. The predicted molar refractivity (Wildman–Crippen MR) is 77.2 cm³/mol. The first-order chi connectivity index (χ1) is 9.08. The number of nitro groups is 1. The van der Waals surface area contributed by atoms with E-state index in [9.17, 15) is 10.1 Å². The number of hydrogen-bond acceptors (Lipinski definition) is 4. The van der Waals surface area contributed by atoms with Crippen molar-refractivity contribution in [3.05, 3.63) is 32.3 Å². The fourth-order valence-electron chi connectivity index (χ4n) is 2.16. The zero-order valence-corrected chi connectivity index (χ0v) is 11.8. The Labute approximate surface area is 121 Å². The fraction of sp³-hybridized carbons (Fsp3) is 0.500. The molecule has 104 valence electrons. The van der Waals surface area contributed by atoms with Gasteiger partial charge in [0.15, 0.2) is 0 Å². The molecule has 7 heteroatoms. The van der Waals surface area contributed by atoms with Crippen molar-refractivity contribution in [2.45, 2.75) is 25.3 Å². The molecule has 1 fully saturated rings. The molecule has 2 N–H and O–H groups in total. The Bertz CT molecular complexity index is 453. The lowest BCUT2D eigenvalue weighted by Crippen LogP contribution is -2.39. The van der Waals surface area contributed by atoms with Crippen molar-refractivity contribution in [3.8, 4) is 0 Å². The third-order valence-corrected chi connectivity index (χ3v) is 3.77. The molecule has 1 saturated heterocycles. The van der Waals surface area contributed by atoms with E-state index in [1.165, 1.54) is 25.0 Å². The van der Waals surface area contributed by atoms with Crippen LogP contribution in [0.5, 0.6) is 0 Å². The van der Waals surface area contributed by atoms with E-state index >= 15 is 0 Å². The highest BCUT2D eigenvalue weighted by Gasteiger charge is 2.17. The van der Waals surface area contributed by atoms with E-state index in [-0.39, 0.29) is 15.7 Å². The van der Waals surface area contributed by atoms with Crippen LogP contribution in [0, 0.1) is 10.1 Å². The monoisotopic (exact) mass is 303 g/mol. The van der Waals surface area contributed by atoms with Gasteiger partial charge in [0, 0.05) is 24.7 Å². The molecule has 19 heavy (non-hydrogen) atoms. The zero-order valence-electron chi connectivity index (χ0n) is 10.3. The summed E-state index contributed by atoms with van der Waals surface area (Å²) in [6.45, 7) is 1.73. The smallest absolute Gasteiger partial charge is 0.272 e. The minimum Gasteiger partial charge on any atom is -0.381 e. The Kier molecular flexibility index (Phi) is 4.85. The number of anilines is 1. The molecule has 0 amide bonds. The second-order valence-electron chi connectivity index (χ2n) is 4.57. The molecular weight excluding hydrogens is 289 g/mol. The number of nitrogens with zero attached hydrogens (tertiary/aromatic N) is 1. The number of piperidine rings is 1. The maximum absolute atomic E-state index is 10.7. The second kappa shape index (κ2) is 6.41. The van der Waals surface area contributed by atoms with Crippen LogP contribution in [-0.4, -0.2) is 24.1 Å². The van der Waals surface area contributed by atoms with Crippen LogP contribution in [0.15, 0.2) is 12.1 Å². The van der Waals surface area contributed by atoms with E-state index in [1.54, 1.807) is 0 Å². The summed E-state index contributed by atoms with van der Waals surface area (Å²) in [4.78, 5) is 10.2. The summed E-state index contributed by atoms with van der Waals surface area (Å²) in [6, 6.07) is 3.00. The quantitative estimate of drug-likeness (QED) is 0.660. The lowest BCUT2D eigenvalue weighted by Gasteiger charge is -2.24. The Morgan fingerprint density at radius 3 is 2.58 bits per heavy atom. The van der Waals surface area contributed by atoms with E-state index in [0.717, 1.165) is 13.0 Å². The molecule has 0 aromatic heterocycles. The highest BCUT2D eigenvalue weighted by molar-refractivity contribution is 6.39. The van der Waals surface area contributed by atoms with Crippen LogP contribution in [0.4, 0.5) is 11.4 Å². The van der Waals surface area contributed by atoms with Gasteiger partial charge < -0.3 is 10.6 Å². The van der Waals surface area contributed by atoms with Gasteiger partial charge in [0.25, 0.3) is 5.69 Å². The number of benzene rings is 1. The largest absolute Gasteiger partial charge is 0.381 e. The summed E-state index contributed by atoms with van der Waals surface area (Å²) in [7, 11) is 0. The summed E-state index contributed by atoms with van der Waals surface area (Å²) in [5.74, 6) is 0. The van der Waals surface area contributed by atoms with E-state index in [2.05, 4.69) is 10.6 Å². The van der Waals surface area contributed by atoms with Gasteiger partial charge >= 0.3 is 0 Å². The summed E-state index contributed by atoms with van der Waals surface area (Å²) in [5, 5.41) is 17.8. The van der Waals surface area contributed by atoms with Crippen LogP contribution in [-0.2, 0) is 0 Å².